The van der Waals surface area contributed by atoms with E-state index < -0.39 is 32.0 Å². The van der Waals surface area contributed by atoms with Crippen LogP contribution in [0.15, 0.2) is 16.6 Å². The van der Waals surface area contributed by atoms with Crippen LogP contribution in [0.4, 0.5) is 10.1 Å². The second-order valence-electron chi connectivity index (χ2n) is 4.58. The number of benzene rings is 1. The number of methoxy groups -OCH3 is 1. The fraction of sp³-hybridized carbons (Fsp3) is 0.333. The molecule has 1 aliphatic heterocycles. The third kappa shape index (κ3) is 3.26. The molecule has 1 aromatic rings. The first-order chi connectivity index (χ1) is 10.1. The molecular formula is C12H10BrClFNO5S. The molecule has 1 heterocycles. The molecule has 1 unspecified atom stereocenters. The lowest BCUT2D eigenvalue weighted by atomic mass is 10.1. The molecule has 1 aromatic carbocycles. The molecule has 2 rings (SSSR count). The lowest BCUT2D eigenvalue weighted by molar-refractivity contribution is -0.117. The zero-order valence-corrected chi connectivity index (χ0v) is 14.3. The van der Waals surface area contributed by atoms with Gasteiger partial charge in [0.1, 0.15) is 5.25 Å². The number of carbonyl (C=O) groups is 2. The Labute approximate surface area is 138 Å². The van der Waals surface area contributed by atoms with Crippen molar-refractivity contribution in [3.63, 3.8) is 0 Å². The highest BCUT2D eigenvalue weighted by atomic mass is 79.9. The average molecular weight is 415 g/mol. The zero-order valence-electron chi connectivity index (χ0n) is 11.2. The molecule has 120 valence electrons. The smallest absolute Gasteiger partial charge is 0.340 e. The molecule has 1 amide bonds. The Balaban J connectivity index is 2.48. The van der Waals surface area contributed by atoms with E-state index in [0.29, 0.717) is 4.47 Å². The van der Waals surface area contributed by atoms with Gasteiger partial charge in [-0.2, -0.15) is 0 Å². The fourth-order valence-electron chi connectivity index (χ4n) is 2.13. The number of hydrogen-bond acceptors (Lipinski definition) is 5. The van der Waals surface area contributed by atoms with Gasteiger partial charge in [0.25, 0.3) is 0 Å². The van der Waals surface area contributed by atoms with E-state index in [1.807, 2.05) is 0 Å². The molecule has 1 saturated heterocycles. The molecule has 0 saturated carbocycles. The molecule has 22 heavy (non-hydrogen) atoms. The van der Waals surface area contributed by atoms with Crippen molar-refractivity contribution in [2.24, 2.45) is 0 Å². The molecule has 10 heteroatoms. The molecule has 0 N–H and O–H groups in total. The zero-order chi connectivity index (χ0) is 16.7. The lowest BCUT2D eigenvalue weighted by Gasteiger charge is -2.18. The Hall–Kier alpha value is -1.19. The predicted molar refractivity (Wildman–Crippen MR) is 81.0 cm³/mol. The van der Waals surface area contributed by atoms with Crippen molar-refractivity contribution >= 4 is 53.2 Å². The number of hydrogen-bond donors (Lipinski definition) is 0. The number of carbonyl (C=O) groups excluding carboxylic acids is 2. The monoisotopic (exact) mass is 413 g/mol. The molecular weight excluding hydrogens is 405 g/mol. The van der Waals surface area contributed by atoms with Crippen LogP contribution in [-0.2, 0) is 18.6 Å². The van der Waals surface area contributed by atoms with E-state index in [1.165, 1.54) is 12.1 Å². The number of halogens is 3. The molecule has 0 spiro atoms. The van der Waals surface area contributed by atoms with Crippen LogP contribution in [-0.4, -0.2) is 39.2 Å². The summed E-state index contributed by atoms with van der Waals surface area (Å²) in [6.45, 7) is -0.279. The largest absolute Gasteiger partial charge is 0.465 e. The maximum atomic E-state index is 14.4. The number of ether oxygens (including phenoxy) is 1. The van der Waals surface area contributed by atoms with Crippen LogP contribution in [0.25, 0.3) is 0 Å². The number of amides is 1. The van der Waals surface area contributed by atoms with Crippen molar-refractivity contribution < 1.29 is 27.1 Å². The topological polar surface area (TPSA) is 80.8 Å². The third-order valence-corrected chi connectivity index (χ3v) is 5.53. The summed E-state index contributed by atoms with van der Waals surface area (Å²) in [5.74, 6) is -2.47. The van der Waals surface area contributed by atoms with Gasteiger partial charge in [-0.15, -0.1) is 0 Å². The third-order valence-electron chi connectivity index (χ3n) is 3.20. The summed E-state index contributed by atoms with van der Waals surface area (Å²) in [5.41, 5.74) is -0.570. The summed E-state index contributed by atoms with van der Waals surface area (Å²) < 4.78 is 41.9. The normalized spacial score (nSPS) is 18.6. The Morgan fingerprint density at radius 2 is 2.14 bits per heavy atom. The fourth-order valence-corrected chi connectivity index (χ4v) is 3.60. The summed E-state index contributed by atoms with van der Waals surface area (Å²) in [6, 6.07) is 2.49. The summed E-state index contributed by atoms with van der Waals surface area (Å²) >= 11 is 3.11. The number of anilines is 1. The Kier molecular flexibility index (Phi) is 4.78. The van der Waals surface area contributed by atoms with E-state index in [9.17, 15) is 22.4 Å². The minimum atomic E-state index is -3.95. The predicted octanol–water partition coefficient (Wildman–Crippen LogP) is 2.05. The minimum absolute atomic E-state index is 0.206. The summed E-state index contributed by atoms with van der Waals surface area (Å²) in [6.07, 6.45) is -0.342. The molecule has 1 fully saturated rings. The van der Waals surface area contributed by atoms with E-state index in [4.69, 9.17) is 10.7 Å². The highest BCUT2D eigenvalue weighted by molar-refractivity contribution is 9.10. The summed E-state index contributed by atoms with van der Waals surface area (Å²) in [7, 11) is 2.40. The standard InChI is InChI=1S/C12H10BrClFNO5S/c1-21-12(18)8-2-6(13)3-9(11(8)15)16-5-7(4-10(16)17)22(14,19)20/h2-3,7H,4-5H2,1H3. The minimum Gasteiger partial charge on any atom is -0.465 e. The van der Waals surface area contributed by atoms with Gasteiger partial charge in [0.05, 0.1) is 18.4 Å². The Morgan fingerprint density at radius 1 is 1.50 bits per heavy atom. The van der Waals surface area contributed by atoms with Crippen LogP contribution < -0.4 is 4.90 Å². The van der Waals surface area contributed by atoms with E-state index in [2.05, 4.69) is 20.7 Å². The van der Waals surface area contributed by atoms with Crippen molar-refractivity contribution in [1.82, 2.24) is 0 Å². The maximum Gasteiger partial charge on any atom is 0.340 e. The first-order valence-corrected chi connectivity index (χ1v) is 9.13. The van der Waals surface area contributed by atoms with Crippen molar-refractivity contribution in [2.45, 2.75) is 11.7 Å². The molecule has 6 nitrogen and oxygen atoms in total. The molecule has 0 aromatic heterocycles. The van der Waals surface area contributed by atoms with Crippen LogP contribution in [0.2, 0.25) is 0 Å². The van der Waals surface area contributed by atoms with Crippen LogP contribution in [0, 0.1) is 5.82 Å². The van der Waals surface area contributed by atoms with Crippen molar-refractivity contribution in [2.75, 3.05) is 18.6 Å². The van der Waals surface area contributed by atoms with Crippen molar-refractivity contribution in [3.8, 4) is 0 Å². The molecule has 1 aliphatic rings. The summed E-state index contributed by atoms with van der Waals surface area (Å²) in [5, 5.41) is -1.12. The van der Waals surface area contributed by atoms with Crippen LogP contribution in [0.3, 0.4) is 0 Å². The second kappa shape index (κ2) is 6.13. The molecule has 1 atom stereocenters. The number of nitrogens with zero attached hydrogens (tertiary/aromatic N) is 1. The van der Waals surface area contributed by atoms with E-state index >= 15 is 0 Å². The summed E-state index contributed by atoms with van der Waals surface area (Å²) in [4.78, 5) is 24.5. The Bertz CT molecular complexity index is 754. The van der Waals surface area contributed by atoms with Crippen molar-refractivity contribution in [1.29, 1.82) is 0 Å². The van der Waals surface area contributed by atoms with Crippen LogP contribution in [0.5, 0.6) is 0 Å². The van der Waals surface area contributed by atoms with Crippen LogP contribution >= 0.6 is 26.6 Å². The van der Waals surface area contributed by atoms with Gasteiger partial charge in [-0.3, -0.25) is 4.79 Å². The van der Waals surface area contributed by atoms with Gasteiger partial charge in [0.15, 0.2) is 5.82 Å². The first kappa shape index (κ1) is 17.2. The molecule has 0 aliphatic carbocycles. The second-order valence-corrected chi connectivity index (χ2v) is 8.41. The van der Waals surface area contributed by atoms with Gasteiger partial charge in [-0.05, 0) is 12.1 Å². The van der Waals surface area contributed by atoms with Gasteiger partial charge in [-0.1, -0.05) is 15.9 Å². The highest BCUT2D eigenvalue weighted by Crippen LogP contribution is 2.32. The maximum absolute atomic E-state index is 14.4. The Morgan fingerprint density at radius 3 is 2.64 bits per heavy atom. The van der Waals surface area contributed by atoms with Gasteiger partial charge >= 0.3 is 5.97 Å². The molecule has 0 bridgehead atoms. The van der Waals surface area contributed by atoms with Gasteiger partial charge in [0.2, 0.25) is 15.0 Å². The van der Waals surface area contributed by atoms with E-state index in [1.54, 1.807) is 0 Å². The number of esters is 1. The van der Waals surface area contributed by atoms with E-state index in [-0.39, 0.29) is 24.2 Å². The van der Waals surface area contributed by atoms with Crippen molar-refractivity contribution in [3.05, 3.63) is 28.0 Å². The quantitative estimate of drug-likeness (QED) is 0.558. The average Bonchev–Trinajstić information content (AvgIpc) is 2.82. The molecule has 0 radical (unpaired) electrons. The van der Waals surface area contributed by atoms with Gasteiger partial charge in [0, 0.05) is 28.1 Å². The first-order valence-electron chi connectivity index (χ1n) is 5.96. The van der Waals surface area contributed by atoms with Gasteiger partial charge in [-0.25, -0.2) is 17.6 Å². The highest BCUT2D eigenvalue weighted by Gasteiger charge is 2.39. The van der Waals surface area contributed by atoms with Crippen LogP contribution in [0.1, 0.15) is 16.8 Å². The SMILES string of the molecule is COC(=O)c1cc(Br)cc(N2CC(S(=O)(=O)Cl)CC2=O)c1F. The van der Waals surface area contributed by atoms with Gasteiger partial charge < -0.3 is 9.64 Å². The number of rotatable bonds is 3. The lowest BCUT2D eigenvalue weighted by Crippen LogP contribution is -2.28. The van der Waals surface area contributed by atoms with E-state index in [0.717, 1.165) is 12.0 Å².